The van der Waals surface area contributed by atoms with Crippen LogP contribution in [0.4, 0.5) is 0 Å². The topological polar surface area (TPSA) is 54.9 Å². The summed E-state index contributed by atoms with van der Waals surface area (Å²) in [4.78, 5) is 23.9. The SMILES string of the molecule is Cc1nc(SC(C)C(=O)NCCc2ccccc2)c2c(C)c(C)sc2n1. The van der Waals surface area contributed by atoms with E-state index in [0.717, 1.165) is 27.5 Å². The van der Waals surface area contributed by atoms with Crippen LogP contribution < -0.4 is 5.32 Å². The number of nitrogens with one attached hydrogen (secondary N) is 1. The number of carbonyl (C=O) groups is 1. The second-order valence-electron chi connectivity index (χ2n) is 6.33. The van der Waals surface area contributed by atoms with Crippen LogP contribution in [0.1, 0.15) is 28.8 Å². The summed E-state index contributed by atoms with van der Waals surface area (Å²) in [6.45, 7) is 8.67. The van der Waals surface area contributed by atoms with Gasteiger partial charge in [0.05, 0.1) is 5.25 Å². The van der Waals surface area contributed by atoms with Gasteiger partial charge in [0.2, 0.25) is 5.91 Å². The molecule has 1 atom stereocenters. The molecule has 1 amide bonds. The first kappa shape index (κ1) is 18.9. The van der Waals surface area contributed by atoms with E-state index in [1.165, 1.54) is 27.8 Å². The minimum absolute atomic E-state index is 0.0416. The highest BCUT2D eigenvalue weighted by Crippen LogP contribution is 2.36. The van der Waals surface area contributed by atoms with Gasteiger partial charge in [-0.1, -0.05) is 42.1 Å². The number of benzene rings is 1. The fraction of sp³-hybridized carbons (Fsp3) is 0.350. The summed E-state index contributed by atoms with van der Waals surface area (Å²) in [6, 6.07) is 10.2. The van der Waals surface area contributed by atoms with Crippen LogP contribution >= 0.6 is 23.1 Å². The summed E-state index contributed by atoms with van der Waals surface area (Å²) < 4.78 is 0. The summed E-state index contributed by atoms with van der Waals surface area (Å²) in [7, 11) is 0. The summed E-state index contributed by atoms with van der Waals surface area (Å²) in [6.07, 6.45) is 0.837. The molecule has 4 nitrogen and oxygen atoms in total. The minimum Gasteiger partial charge on any atom is -0.355 e. The third kappa shape index (κ3) is 4.24. The van der Waals surface area contributed by atoms with Gasteiger partial charge in [0.25, 0.3) is 0 Å². The molecule has 0 saturated heterocycles. The predicted molar refractivity (Wildman–Crippen MR) is 110 cm³/mol. The monoisotopic (exact) mass is 385 g/mol. The van der Waals surface area contributed by atoms with Crippen molar-refractivity contribution in [3.8, 4) is 0 Å². The molecule has 3 aromatic rings. The summed E-state index contributed by atoms with van der Waals surface area (Å²) >= 11 is 3.20. The van der Waals surface area contributed by atoms with Crippen LogP contribution in [-0.4, -0.2) is 27.7 Å². The lowest BCUT2D eigenvalue weighted by Crippen LogP contribution is -2.32. The van der Waals surface area contributed by atoms with E-state index in [1.807, 2.05) is 32.0 Å². The van der Waals surface area contributed by atoms with Crippen LogP contribution in [0.3, 0.4) is 0 Å². The maximum atomic E-state index is 12.5. The van der Waals surface area contributed by atoms with Crippen LogP contribution in [0.25, 0.3) is 10.2 Å². The molecule has 6 heteroatoms. The lowest BCUT2D eigenvalue weighted by molar-refractivity contribution is -0.120. The lowest BCUT2D eigenvalue weighted by atomic mass is 10.1. The van der Waals surface area contributed by atoms with Crippen molar-refractivity contribution in [2.75, 3.05) is 6.54 Å². The number of nitrogens with zero attached hydrogens (tertiary/aromatic N) is 2. The molecule has 3 rings (SSSR count). The summed E-state index contributed by atoms with van der Waals surface area (Å²) in [5.74, 6) is 0.790. The Kier molecular flexibility index (Phi) is 5.94. The molecule has 0 fully saturated rings. The number of carbonyl (C=O) groups excluding carboxylic acids is 1. The fourth-order valence-electron chi connectivity index (χ4n) is 2.74. The van der Waals surface area contributed by atoms with Gasteiger partial charge in [0.1, 0.15) is 15.7 Å². The van der Waals surface area contributed by atoms with Gasteiger partial charge >= 0.3 is 0 Å². The van der Waals surface area contributed by atoms with E-state index in [4.69, 9.17) is 0 Å². The Bertz CT molecular complexity index is 922. The van der Waals surface area contributed by atoms with Crippen LogP contribution in [0.15, 0.2) is 35.4 Å². The van der Waals surface area contributed by atoms with Gasteiger partial charge in [-0.05, 0) is 45.2 Å². The van der Waals surface area contributed by atoms with E-state index >= 15 is 0 Å². The van der Waals surface area contributed by atoms with Crippen LogP contribution in [0.2, 0.25) is 0 Å². The van der Waals surface area contributed by atoms with Crippen molar-refractivity contribution in [1.29, 1.82) is 0 Å². The van der Waals surface area contributed by atoms with Crippen LogP contribution in [-0.2, 0) is 11.2 Å². The number of aromatic nitrogens is 2. The number of aryl methyl sites for hydroxylation is 3. The van der Waals surface area contributed by atoms with Crippen molar-refractivity contribution >= 4 is 39.2 Å². The van der Waals surface area contributed by atoms with Crippen molar-refractivity contribution in [3.05, 3.63) is 52.2 Å². The van der Waals surface area contributed by atoms with E-state index in [9.17, 15) is 4.79 Å². The zero-order valence-corrected chi connectivity index (χ0v) is 17.1. The van der Waals surface area contributed by atoms with E-state index in [1.54, 1.807) is 11.3 Å². The maximum Gasteiger partial charge on any atom is 0.233 e. The Morgan fingerprint density at radius 1 is 1.19 bits per heavy atom. The van der Waals surface area contributed by atoms with Gasteiger partial charge in [-0.2, -0.15) is 0 Å². The van der Waals surface area contributed by atoms with Crippen molar-refractivity contribution < 1.29 is 4.79 Å². The highest BCUT2D eigenvalue weighted by molar-refractivity contribution is 8.00. The van der Waals surface area contributed by atoms with Crippen molar-refractivity contribution in [1.82, 2.24) is 15.3 Å². The molecule has 0 spiro atoms. The van der Waals surface area contributed by atoms with Gasteiger partial charge in [-0.25, -0.2) is 9.97 Å². The standard InChI is InChI=1S/C20H23N3OS2/c1-12-13(2)25-19-17(12)20(23-15(4)22-19)26-14(3)18(24)21-11-10-16-8-6-5-7-9-16/h5-9,14H,10-11H2,1-4H3,(H,21,24). The predicted octanol–water partition coefficient (Wildman–Crippen LogP) is 4.46. The third-order valence-electron chi connectivity index (χ3n) is 4.32. The zero-order valence-electron chi connectivity index (χ0n) is 15.5. The normalized spacial score (nSPS) is 12.3. The van der Waals surface area contributed by atoms with Crippen molar-refractivity contribution in [2.45, 2.75) is 44.4 Å². The molecule has 0 saturated carbocycles. The number of hydrogen-bond acceptors (Lipinski definition) is 5. The van der Waals surface area contributed by atoms with Gasteiger partial charge in [0.15, 0.2) is 0 Å². The zero-order chi connectivity index (χ0) is 18.7. The fourth-order valence-corrected chi connectivity index (χ4v) is 4.96. The van der Waals surface area contributed by atoms with Crippen LogP contribution in [0.5, 0.6) is 0 Å². The number of amides is 1. The second-order valence-corrected chi connectivity index (χ2v) is 8.86. The molecule has 0 aliphatic carbocycles. The van der Waals surface area contributed by atoms with E-state index < -0.39 is 0 Å². The van der Waals surface area contributed by atoms with Crippen LogP contribution in [0, 0.1) is 20.8 Å². The van der Waals surface area contributed by atoms with E-state index in [0.29, 0.717) is 6.54 Å². The number of fused-ring (bicyclic) bond motifs is 1. The highest BCUT2D eigenvalue weighted by Gasteiger charge is 2.20. The van der Waals surface area contributed by atoms with Gasteiger partial charge in [-0.15, -0.1) is 11.3 Å². The Labute approximate surface area is 162 Å². The van der Waals surface area contributed by atoms with E-state index in [-0.39, 0.29) is 11.2 Å². The molecule has 26 heavy (non-hydrogen) atoms. The molecule has 0 bridgehead atoms. The van der Waals surface area contributed by atoms with Crippen molar-refractivity contribution in [3.63, 3.8) is 0 Å². The number of thioether (sulfide) groups is 1. The molecule has 2 aromatic heterocycles. The Hall–Kier alpha value is -1.92. The minimum atomic E-state index is -0.206. The number of rotatable bonds is 6. The average molecular weight is 386 g/mol. The second kappa shape index (κ2) is 8.18. The Balaban J connectivity index is 1.66. The number of thiophene rings is 1. The largest absolute Gasteiger partial charge is 0.355 e. The summed E-state index contributed by atoms with van der Waals surface area (Å²) in [5.41, 5.74) is 2.44. The van der Waals surface area contributed by atoms with Gasteiger partial charge < -0.3 is 5.32 Å². The first-order chi connectivity index (χ1) is 12.5. The molecule has 1 aromatic carbocycles. The molecule has 0 radical (unpaired) electrons. The Morgan fingerprint density at radius 3 is 2.65 bits per heavy atom. The average Bonchev–Trinajstić information content (AvgIpc) is 2.89. The molecule has 2 heterocycles. The first-order valence-electron chi connectivity index (χ1n) is 8.68. The van der Waals surface area contributed by atoms with Gasteiger partial charge in [0, 0.05) is 16.8 Å². The molecule has 1 unspecified atom stereocenters. The quantitative estimate of drug-likeness (QED) is 0.503. The lowest BCUT2D eigenvalue weighted by Gasteiger charge is -2.13. The third-order valence-corrected chi connectivity index (χ3v) is 6.51. The molecule has 0 aliphatic heterocycles. The molecule has 1 N–H and O–H groups in total. The van der Waals surface area contributed by atoms with Gasteiger partial charge in [-0.3, -0.25) is 4.79 Å². The molecular weight excluding hydrogens is 362 g/mol. The first-order valence-corrected chi connectivity index (χ1v) is 10.4. The molecule has 0 aliphatic rings. The smallest absolute Gasteiger partial charge is 0.233 e. The maximum absolute atomic E-state index is 12.5. The highest BCUT2D eigenvalue weighted by atomic mass is 32.2. The number of hydrogen-bond donors (Lipinski definition) is 1. The van der Waals surface area contributed by atoms with E-state index in [2.05, 4.69) is 41.3 Å². The summed E-state index contributed by atoms with van der Waals surface area (Å²) in [5, 5.41) is 4.82. The Morgan fingerprint density at radius 2 is 1.92 bits per heavy atom. The van der Waals surface area contributed by atoms with Crippen molar-refractivity contribution in [2.24, 2.45) is 0 Å². The molecular formula is C20H23N3OS2. The molecule has 136 valence electrons.